The number of hydrogen-bond acceptors (Lipinski definition) is 0. The van der Waals surface area contributed by atoms with Gasteiger partial charge >= 0.3 is 6.55 Å². The van der Waals surface area contributed by atoms with Crippen molar-refractivity contribution in [2.45, 2.75) is 25.8 Å². The molecule has 0 saturated carbocycles. The molecule has 0 unspecified atom stereocenters. The fourth-order valence-electron chi connectivity index (χ4n) is 2.38. The van der Waals surface area contributed by atoms with Gasteiger partial charge in [0.25, 0.3) is 0 Å². The number of quaternary nitrogens is 1. The molecule has 0 atom stereocenters. The molecule has 0 aromatic rings. The van der Waals surface area contributed by atoms with Gasteiger partial charge in [-0.2, -0.15) is 8.78 Å². The highest BCUT2D eigenvalue weighted by molar-refractivity contribution is 4.71. The van der Waals surface area contributed by atoms with E-state index in [1.807, 2.05) is 0 Å². The van der Waals surface area contributed by atoms with Gasteiger partial charge in [0, 0.05) is 19.3 Å². The van der Waals surface area contributed by atoms with E-state index in [9.17, 15) is 8.78 Å². The lowest BCUT2D eigenvalue weighted by Crippen LogP contribution is -2.60. The molecule has 0 aromatic heterocycles. The van der Waals surface area contributed by atoms with Crippen molar-refractivity contribution in [1.29, 1.82) is 0 Å². The summed E-state index contributed by atoms with van der Waals surface area (Å²) in [5.74, 6) is 0.772. The van der Waals surface area contributed by atoms with Gasteiger partial charge in [0.05, 0.1) is 19.6 Å². The molecule has 3 saturated heterocycles. The SMILES string of the molecule is FC(F)[N+]12CCC(CC1)CC2. The summed E-state index contributed by atoms with van der Waals surface area (Å²) in [6, 6.07) is 0. The summed E-state index contributed by atoms with van der Waals surface area (Å²) in [6.45, 7) is 0.0451. The van der Waals surface area contributed by atoms with Gasteiger partial charge in [-0.05, 0) is 5.92 Å². The second-order valence-corrected chi connectivity index (χ2v) is 3.90. The van der Waals surface area contributed by atoms with Crippen molar-refractivity contribution in [2.24, 2.45) is 5.92 Å². The van der Waals surface area contributed by atoms with Gasteiger partial charge in [0.15, 0.2) is 0 Å². The monoisotopic (exact) mass is 162 g/mol. The Balaban J connectivity index is 2.12. The average Bonchev–Trinajstić information content (AvgIpc) is 2.08. The summed E-state index contributed by atoms with van der Waals surface area (Å²) in [5.41, 5.74) is 0. The van der Waals surface area contributed by atoms with E-state index in [0.717, 1.165) is 44.8 Å². The zero-order valence-electron chi connectivity index (χ0n) is 6.60. The van der Waals surface area contributed by atoms with Crippen LogP contribution >= 0.6 is 0 Å². The predicted octanol–water partition coefficient (Wildman–Crippen LogP) is 1.84. The number of nitrogens with zero attached hydrogens (tertiary/aromatic N) is 1. The Hall–Kier alpha value is -0.180. The molecule has 0 aliphatic carbocycles. The van der Waals surface area contributed by atoms with Gasteiger partial charge in [-0.15, -0.1) is 0 Å². The molecule has 3 fully saturated rings. The van der Waals surface area contributed by atoms with Crippen molar-refractivity contribution in [3.05, 3.63) is 0 Å². The minimum absolute atomic E-state index is 0.108. The molecule has 3 heteroatoms. The fraction of sp³-hybridized carbons (Fsp3) is 1.00. The molecular weight excluding hydrogens is 148 g/mol. The van der Waals surface area contributed by atoms with E-state index in [2.05, 4.69) is 0 Å². The van der Waals surface area contributed by atoms with E-state index in [1.54, 1.807) is 0 Å². The quantitative estimate of drug-likeness (QED) is 0.407. The van der Waals surface area contributed by atoms with Crippen LogP contribution in [-0.4, -0.2) is 30.7 Å². The van der Waals surface area contributed by atoms with Crippen LogP contribution in [0.25, 0.3) is 0 Å². The van der Waals surface area contributed by atoms with Crippen LogP contribution in [-0.2, 0) is 0 Å². The van der Waals surface area contributed by atoms with E-state index in [0.29, 0.717) is 0 Å². The molecule has 0 amide bonds. The topological polar surface area (TPSA) is 0 Å². The Kier molecular flexibility index (Phi) is 1.63. The number of rotatable bonds is 1. The average molecular weight is 162 g/mol. The van der Waals surface area contributed by atoms with Gasteiger partial charge in [-0.25, -0.2) is 0 Å². The molecule has 3 rings (SSSR count). The maximum atomic E-state index is 12.6. The summed E-state index contributed by atoms with van der Waals surface area (Å²) in [4.78, 5) is 0. The first-order valence-electron chi connectivity index (χ1n) is 4.37. The molecule has 3 aliphatic rings. The van der Waals surface area contributed by atoms with Crippen molar-refractivity contribution in [3.8, 4) is 0 Å². The molecule has 1 nitrogen and oxygen atoms in total. The summed E-state index contributed by atoms with van der Waals surface area (Å²) in [6.07, 6.45) is 3.10. The Morgan fingerprint density at radius 2 is 1.45 bits per heavy atom. The van der Waals surface area contributed by atoms with E-state index >= 15 is 0 Å². The Bertz CT molecular complexity index is 136. The van der Waals surface area contributed by atoms with Crippen LogP contribution in [0.4, 0.5) is 8.78 Å². The minimum atomic E-state index is -2.13. The summed E-state index contributed by atoms with van der Waals surface area (Å²) in [7, 11) is 0. The Labute approximate surface area is 65.6 Å². The molecule has 0 spiro atoms. The normalized spacial score (nSPS) is 43.4. The van der Waals surface area contributed by atoms with Crippen molar-refractivity contribution in [2.75, 3.05) is 19.6 Å². The van der Waals surface area contributed by atoms with Crippen LogP contribution < -0.4 is 0 Å². The van der Waals surface area contributed by atoms with Crippen LogP contribution in [0.3, 0.4) is 0 Å². The molecule has 0 radical (unpaired) electrons. The van der Waals surface area contributed by atoms with Crippen LogP contribution in [0.15, 0.2) is 0 Å². The minimum Gasteiger partial charge on any atom is -0.266 e. The van der Waals surface area contributed by atoms with Gasteiger partial charge in [0.2, 0.25) is 0 Å². The van der Waals surface area contributed by atoms with Crippen LogP contribution in [0.2, 0.25) is 0 Å². The highest BCUT2D eigenvalue weighted by Gasteiger charge is 2.45. The maximum absolute atomic E-state index is 12.6. The Morgan fingerprint density at radius 3 is 1.73 bits per heavy atom. The standard InChI is InChI=1S/C8H14F2N/c9-8(10)11-4-1-7(2-5-11)3-6-11/h7-8H,1-6H2/q+1. The Morgan fingerprint density at radius 1 is 1.00 bits per heavy atom. The number of fused-ring (bicyclic) bond motifs is 3. The maximum Gasteiger partial charge on any atom is 0.380 e. The highest BCUT2D eigenvalue weighted by Crippen LogP contribution is 2.36. The fourth-order valence-corrected chi connectivity index (χ4v) is 2.38. The van der Waals surface area contributed by atoms with Crippen LogP contribution in [0.5, 0.6) is 0 Å². The zero-order valence-corrected chi connectivity index (χ0v) is 6.60. The second kappa shape index (κ2) is 2.41. The lowest BCUT2D eigenvalue weighted by Gasteiger charge is -2.47. The third kappa shape index (κ3) is 1.06. The third-order valence-corrected chi connectivity index (χ3v) is 3.36. The van der Waals surface area contributed by atoms with Crippen molar-refractivity contribution in [1.82, 2.24) is 0 Å². The predicted molar refractivity (Wildman–Crippen MR) is 38.2 cm³/mol. The van der Waals surface area contributed by atoms with Gasteiger partial charge < -0.3 is 0 Å². The highest BCUT2D eigenvalue weighted by atomic mass is 19.3. The van der Waals surface area contributed by atoms with Crippen molar-refractivity contribution < 1.29 is 13.3 Å². The van der Waals surface area contributed by atoms with Crippen LogP contribution in [0.1, 0.15) is 19.3 Å². The molecule has 0 N–H and O–H groups in total. The summed E-state index contributed by atoms with van der Waals surface area (Å²) < 4.78 is 25.3. The zero-order chi connectivity index (χ0) is 7.90. The number of halogens is 2. The summed E-state index contributed by atoms with van der Waals surface area (Å²) >= 11 is 0. The van der Waals surface area contributed by atoms with Gasteiger partial charge in [-0.3, -0.25) is 4.48 Å². The van der Waals surface area contributed by atoms with Gasteiger partial charge in [-0.1, -0.05) is 0 Å². The molecule has 64 valence electrons. The molecule has 3 aliphatic heterocycles. The smallest absolute Gasteiger partial charge is 0.266 e. The third-order valence-electron chi connectivity index (χ3n) is 3.36. The van der Waals surface area contributed by atoms with Gasteiger partial charge in [0.1, 0.15) is 0 Å². The van der Waals surface area contributed by atoms with E-state index in [4.69, 9.17) is 0 Å². The van der Waals surface area contributed by atoms with Crippen molar-refractivity contribution >= 4 is 0 Å². The lowest BCUT2D eigenvalue weighted by molar-refractivity contribution is -0.991. The first kappa shape index (κ1) is 7.47. The lowest BCUT2D eigenvalue weighted by atomic mass is 9.86. The molecule has 3 heterocycles. The van der Waals surface area contributed by atoms with Crippen molar-refractivity contribution in [3.63, 3.8) is 0 Å². The molecule has 2 bridgehead atoms. The van der Waals surface area contributed by atoms with Crippen LogP contribution in [0, 0.1) is 5.92 Å². The van der Waals surface area contributed by atoms with E-state index < -0.39 is 6.55 Å². The summed E-state index contributed by atoms with van der Waals surface area (Å²) in [5, 5.41) is 0. The molecule has 11 heavy (non-hydrogen) atoms. The number of piperidine rings is 3. The largest absolute Gasteiger partial charge is 0.380 e. The molecule has 0 aromatic carbocycles. The first-order chi connectivity index (χ1) is 5.23. The molecular formula is C8H14F2N+. The number of hydrogen-bond donors (Lipinski definition) is 0. The number of alkyl halides is 2. The van der Waals surface area contributed by atoms with E-state index in [-0.39, 0.29) is 4.48 Å². The second-order valence-electron chi connectivity index (χ2n) is 3.90. The van der Waals surface area contributed by atoms with E-state index in [1.165, 1.54) is 0 Å². The first-order valence-corrected chi connectivity index (χ1v) is 4.37.